The van der Waals surface area contributed by atoms with E-state index in [1.54, 1.807) is 30.3 Å². The Labute approximate surface area is 150 Å². The van der Waals surface area contributed by atoms with Gasteiger partial charge in [-0.25, -0.2) is 8.42 Å². The molecular weight excluding hydrogens is 338 g/mol. The third-order valence-corrected chi connectivity index (χ3v) is 6.98. The van der Waals surface area contributed by atoms with Crippen LogP contribution in [0.2, 0.25) is 0 Å². The maximum Gasteiger partial charge on any atom is 0.243 e. The summed E-state index contributed by atoms with van der Waals surface area (Å²) in [6, 6.07) is 8.45. The molecule has 2 atom stereocenters. The predicted molar refractivity (Wildman–Crippen MR) is 96.5 cm³/mol. The maximum atomic E-state index is 12.7. The summed E-state index contributed by atoms with van der Waals surface area (Å²) >= 11 is 0. The summed E-state index contributed by atoms with van der Waals surface area (Å²) in [5, 5.41) is 6.38. The van der Waals surface area contributed by atoms with Gasteiger partial charge < -0.3 is 10.6 Å². The monoisotopic (exact) mass is 365 g/mol. The molecule has 1 aromatic carbocycles. The van der Waals surface area contributed by atoms with Gasteiger partial charge in [-0.2, -0.15) is 4.31 Å². The molecule has 0 spiro atoms. The minimum absolute atomic E-state index is 0.0152. The van der Waals surface area contributed by atoms with Crippen molar-refractivity contribution in [1.29, 1.82) is 0 Å². The summed E-state index contributed by atoms with van der Waals surface area (Å²) in [6.07, 6.45) is 3.74. The van der Waals surface area contributed by atoms with Crippen molar-refractivity contribution in [3.63, 3.8) is 0 Å². The van der Waals surface area contributed by atoms with Crippen LogP contribution in [0.15, 0.2) is 35.2 Å². The standard InChI is InChI=1S/C18H27N3O3S/c22-18(20-13-15-6-4-10-19-12-15)16-7-5-11-21(14-16)25(23,24)17-8-2-1-3-9-17/h1-3,8-9,15-16,19H,4-7,10-14H2,(H,20,22). The Morgan fingerprint density at radius 1 is 1.20 bits per heavy atom. The fourth-order valence-corrected chi connectivity index (χ4v) is 5.15. The van der Waals surface area contributed by atoms with Crippen LogP contribution in [-0.2, 0) is 14.8 Å². The molecule has 0 aromatic heterocycles. The van der Waals surface area contributed by atoms with Crippen molar-refractivity contribution in [2.45, 2.75) is 30.6 Å². The third kappa shape index (κ3) is 4.59. The quantitative estimate of drug-likeness (QED) is 0.822. The van der Waals surface area contributed by atoms with Gasteiger partial charge >= 0.3 is 0 Å². The van der Waals surface area contributed by atoms with Gasteiger partial charge in [-0.15, -0.1) is 0 Å². The van der Waals surface area contributed by atoms with Crippen LogP contribution in [0, 0.1) is 11.8 Å². The molecule has 0 aliphatic carbocycles. The van der Waals surface area contributed by atoms with Crippen LogP contribution < -0.4 is 10.6 Å². The van der Waals surface area contributed by atoms with Gasteiger partial charge in [0.15, 0.2) is 0 Å². The lowest BCUT2D eigenvalue weighted by atomic mass is 9.97. The molecule has 2 saturated heterocycles. The average molecular weight is 365 g/mol. The van der Waals surface area contributed by atoms with Crippen molar-refractivity contribution in [3.8, 4) is 0 Å². The Morgan fingerprint density at radius 3 is 2.72 bits per heavy atom. The van der Waals surface area contributed by atoms with E-state index in [2.05, 4.69) is 10.6 Å². The van der Waals surface area contributed by atoms with Crippen LogP contribution in [0.4, 0.5) is 0 Å². The molecule has 2 aliphatic heterocycles. The lowest BCUT2D eigenvalue weighted by molar-refractivity contribution is -0.126. The molecule has 6 nitrogen and oxygen atoms in total. The number of carbonyl (C=O) groups excluding carboxylic acids is 1. The normalized spacial score (nSPS) is 25.4. The highest BCUT2D eigenvalue weighted by Crippen LogP contribution is 2.24. The van der Waals surface area contributed by atoms with Crippen molar-refractivity contribution < 1.29 is 13.2 Å². The smallest absolute Gasteiger partial charge is 0.243 e. The Bertz CT molecular complexity index is 672. The third-order valence-electron chi connectivity index (χ3n) is 5.10. The Balaban J connectivity index is 1.58. The first kappa shape index (κ1) is 18.4. The topological polar surface area (TPSA) is 78.5 Å². The van der Waals surface area contributed by atoms with Crippen LogP contribution in [0.1, 0.15) is 25.7 Å². The minimum atomic E-state index is -3.52. The molecule has 7 heteroatoms. The van der Waals surface area contributed by atoms with Crippen molar-refractivity contribution in [2.75, 3.05) is 32.7 Å². The molecule has 2 aliphatic rings. The molecule has 2 N–H and O–H groups in total. The number of nitrogens with zero attached hydrogens (tertiary/aromatic N) is 1. The van der Waals surface area contributed by atoms with Crippen molar-refractivity contribution in [2.24, 2.45) is 11.8 Å². The number of amides is 1. The van der Waals surface area contributed by atoms with Crippen LogP contribution >= 0.6 is 0 Å². The van der Waals surface area contributed by atoms with Gasteiger partial charge in [0.05, 0.1) is 10.8 Å². The Kier molecular flexibility index (Phi) is 6.09. The second-order valence-corrected chi connectivity index (χ2v) is 8.91. The summed E-state index contributed by atoms with van der Waals surface area (Å²) < 4.78 is 26.9. The SMILES string of the molecule is O=C(NCC1CCCNC1)C1CCCN(S(=O)(=O)c2ccccc2)C1. The van der Waals surface area contributed by atoms with Crippen LogP contribution in [0.5, 0.6) is 0 Å². The number of rotatable bonds is 5. The van der Waals surface area contributed by atoms with E-state index < -0.39 is 10.0 Å². The summed E-state index contributed by atoms with van der Waals surface area (Å²) in [5.74, 6) is 0.202. The molecule has 1 aromatic rings. The Hall–Kier alpha value is -1.44. The van der Waals surface area contributed by atoms with E-state index in [0.717, 1.165) is 38.8 Å². The fraction of sp³-hybridized carbons (Fsp3) is 0.611. The molecular formula is C18H27N3O3S. The van der Waals surface area contributed by atoms with Gasteiger partial charge in [0.25, 0.3) is 0 Å². The van der Waals surface area contributed by atoms with Gasteiger partial charge in [0.2, 0.25) is 15.9 Å². The molecule has 0 radical (unpaired) electrons. The van der Waals surface area contributed by atoms with Gasteiger partial charge in [-0.1, -0.05) is 18.2 Å². The van der Waals surface area contributed by atoms with E-state index in [1.165, 1.54) is 4.31 Å². The lowest BCUT2D eigenvalue weighted by Crippen LogP contribution is -2.47. The predicted octanol–water partition coefficient (Wildman–Crippen LogP) is 1.20. The molecule has 2 unspecified atom stereocenters. The number of carbonyl (C=O) groups is 1. The van der Waals surface area contributed by atoms with Crippen LogP contribution in [-0.4, -0.2) is 51.4 Å². The minimum Gasteiger partial charge on any atom is -0.355 e. The highest BCUT2D eigenvalue weighted by atomic mass is 32.2. The zero-order valence-corrected chi connectivity index (χ0v) is 15.3. The first-order chi connectivity index (χ1) is 12.1. The molecule has 3 rings (SSSR count). The van der Waals surface area contributed by atoms with E-state index in [-0.39, 0.29) is 18.4 Å². The number of hydrogen-bond donors (Lipinski definition) is 2. The molecule has 2 heterocycles. The van der Waals surface area contributed by atoms with Crippen LogP contribution in [0.3, 0.4) is 0 Å². The van der Waals surface area contributed by atoms with E-state index in [1.807, 2.05) is 0 Å². The number of nitrogens with one attached hydrogen (secondary N) is 2. The van der Waals surface area contributed by atoms with E-state index in [4.69, 9.17) is 0 Å². The van der Waals surface area contributed by atoms with E-state index >= 15 is 0 Å². The first-order valence-electron chi connectivity index (χ1n) is 9.11. The highest BCUT2D eigenvalue weighted by Gasteiger charge is 2.33. The number of piperidine rings is 2. The number of sulfonamides is 1. The van der Waals surface area contributed by atoms with Gasteiger partial charge in [0, 0.05) is 19.6 Å². The molecule has 138 valence electrons. The fourth-order valence-electron chi connectivity index (χ4n) is 3.60. The number of benzene rings is 1. The van der Waals surface area contributed by atoms with Gasteiger partial charge in [-0.05, 0) is 56.8 Å². The zero-order valence-electron chi connectivity index (χ0n) is 14.5. The highest BCUT2D eigenvalue weighted by molar-refractivity contribution is 7.89. The second-order valence-electron chi connectivity index (χ2n) is 6.97. The summed E-state index contributed by atoms with van der Waals surface area (Å²) in [6.45, 7) is 3.42. The summed E-state index contributed by atoms with van der Waals surface area (Å²) in [7, 11) is -3.52. The van der Waals surface area contributed by atoms with Gasteiger partial charge in [-0.3, -0.25) is 4.79 Å². The van der Waals surface area contributed by atoms with Crippen LogP contribution in [0.25, 0.3) is 0 Å². The Morgan fingerprint density at radius 2 is 2.00 bits per heavy atom. The molecule has 1 amide bonds. The summed E-state index contributed by atoms with van der Waals surface area (Å²) in [5.41, 5.74) is 0. The second kappa shape index (κ2) is 8.29. The molecule has 0 bridgehead atoms. The van der Waals surface area contributed by atoms with Crippen molar-refractivity contribution in [3.05, 3.63) is 30.3 Å². The van der Waals surface area contributed by atoms with E-state index in [0.29, 0.717) is 23.9 Å². The van der Waals surface area contributed by atoms with E-state index in [9.17, 15) is 13.2 Å². The molecule has 25 heavy (non-hydrogen) atoms. The van der Waals surface area contributed by atoms with Gasteiger partial charge in [0.1, 0.15) is 0 Å². The summed E-state index contributed by atoms with van der Waals surface area (Å²) in [4.78, 5) is 12.8. The largest absolute Gasteiger partial charge is 0.355 e. The van der Waals surface area contributed by atoms with Crippen molar-refractivity contribution in [1.82, 2.24) is 14.9 Å². The first-order valence-corrected chi connectivity index (χ1v) is 10.5. The zero-order chi connectivity index (χ0) is 17.7. The molecule has 2 fully saturated rings. The lowest BCUT2D eigenvalue weighted by Gasteiger charge is -2.31. The van der Waals surface area contributed by atoms with Crippen molar-refractivity contribution >= 4 is 15.9 Å². The number of hydrogen-bond acceptors (Lipinski definition) is 4. The molecule has 0 saturated carbocycles. The average Bonchev–Trinajstić information content (AvgIpc) is 2.67. The maximum absolute atomic E-state index is 12.7.